The number of para-hydroxylation sites is 1. The van der Waals surface area contributed by atoms with Crippen LogP contribution in [0.25, 0.3) is 65.4 Å². The average Bonchev–Trinajstić information content (AvgIpc) is 3.48. The Balaban J connectivity index is 1.31. The number of furan rings is 1. The first-order chi connectivity index (χ1) is 21.8. The summed E-state index contributed by atoms with van der Waals surface area (Å²) in [6.07, 6.45) is 0. The molecule has 44 heavy (non-hydrogen) atoms. The Hall–Kier alpha value is -5.86. The lowest BCUT2D eigenvalue weighted by molar-refractivity contribution is 0.669. The lowest BCUT2D eigenvalue weighted by Gasteiger charge is -2.27. The van der Waals surface area contributed by atoms with Gasteiger partial charge in [0.05, 0.1) is 5.69 Å². The second-order valence-corrected chi connectivity index (χ2v) is 11.4. The Morgan fingerprint density at radius 3 is 1.82 bits per heavy atom. The fourth-order valence-electron chi connectivity index (χ4n) is 6.76. The molecule has 9 rings (SSSR count). The molecule has 0 fully saturated rings. The number of benzene rings is 8. The molecule has 0 spiro atoms. The molecule has 0 N–H and O–H groups in total. The van der Waals surface area contributed by atoms with Crippen LogP contribution < -0.4 is 4.90 Å². The molecule has 9 aromatic rings. The molecule has 1 aromatic heterocycles. The second kappa shape index (κ2) is 9.86. The highest BCUT2D eigenvalue weighted by Crippen LogP contribution is 2.45. The molecule has 1 heterocycles. The maximum atomic E-state index is 6.49. The zero-order valence-corrected chi connectivity index (χ0v) is 23.9. The van der Waals surface area contributed by atoms with Crippen molar-refractivity contribution in [3.05, 3.63) is 164 Å². The van der Waals surface area contributed by atoms with Crippen molar-refractivity contribution < 1.29 is 4.42 Å². The fraction of sp³-hybridized carbons (Fsp3) is 0. The van der Waals surface area contributed by atoms with E-state index in [2.05, 4.69) is 163 Å². The standard InChI is InChI=1S/C42H27NO/c1-2-10-28(11-3-1)29-20-22-32(23-21-29)43(33-24-25-35-31(26-33)19-18-30-12-4-5-13-34(30)35)39-27-41-42(37-15-7-6-14-36(37)39)38-16-8-9-17-40(38)44-41/h1-27H. The number of hydrogen-bond acceptors (Lipinski definition) is 2. The Kier molecular flexibility index (Phi) is 5.54. The molecule has 0 radical (unpaired) electrons. The Labute approximate surface area is 255 Å². The van der Waals surface area contributed by atoms with Crippen molar-refractivity contribution in [2.24, 2.45) is 0 Å². The van der Waals surface area contributed by atoms with Crippen molar-refractivity contribution >= 4 is 71.3 Å². The zero-order valence-electron chi connectivity index (χ0n) is 23.9. The lowest BCUT2D eigenvalue weighted by Crippen LogP contribution is -2.10. The van der Waals surface area contributed by atoms with E-state index in [-0.39, 0.29) is 0 Å². The SMILES string of the molecule is c1ccc(-c2ccc(N(c3ccc4c(ccc5ccccc54)c3)c3cc4oc5ccccc5c4c4ccccc34)cc2)cc1. The highest BCUT2D eigenvalue weighted by atomic mass is 16.3. The van der Waals surface area contributed by atoms with Crippen molar-refractivity contribution in [2.45, 2.75) is 0 Å². The van der Waals surface area contributed by atoms with Gasteiger partial charge in [-0.15, -0.1) is 0 Å². The molecule has 0 aliphatic heterocycles. The summed E-state index contributed by atoms with van der Waals surface area (Å²) in [6, 6.07) is 58.5. The largest absolute Gasteiger partial charge is 0.456 e. The van der Waals surface area contributed by atoms with Crippen molar-refractivity contribution in [1.29, 1.82) is 0 Å². The van der Waals surface area contributed by atoms with Crippen LogP contribution in [-0.2, 0) is 0 Å². The van der Waals surface area contributed by atoms with Gasteiger partial charge in [0.2, 0.25) is 0 Å². The molecule has 8 aromatic carbocycles. The maximum Gasteiger partial charge on any atom is 0.138 e. The third kappa shape index (κ3) is 3.89. The third-order valence-electron chi connectivity index (χ3n) is 8.82. The monoisotopic (exact) mass is 561 g/mol. The van der Waals surface area contributed by atoms with Crippen LogP contribution >= 0.6 is 0 Å². The molecular weight excluding hydrogens is 534 g/mol. The van der Waals surface area contributed by atoms with Gasteiger partial charge < -0.3 is 9.32 Å². The Morgan fingerprint density at radius 2 is 0.977 bits per heavy atom. The van der Waals surface area contributed by atoms with Gasteiger partial charge in [0.1, 0.15) is 11.2 Å². The van der Waals surface area contributed by atoms with Gasteiger partial charge in [-0.2, -0.15) is 0 Å². The van der Waals surface area contributed by atoms with E-state index in [1.807, 2.05) is 6.07 Å². The molecule has 0 bridgehead atoms. The first kappa shape index (κ1) is 24.7. The molecule has 0 aliphatic carbocycles. The molecule has 2 heteroatoms. The van der Waals surface area contributed by atoms with E-state index in [4.69, 9.17) is 4.42 Å². The first-order valence-electron chi connectivity index (χ1n) is 15.0. The molecule has 0 unspecified atom stereocenters. The first-order valence-corrected chi connectivity index (χ1v) is 15.0. The summed E-state index contributed by atoms with van der Waals surface area (Å²) < 4.78 is 6.49. The predicted octanol–water partition coefficient (Wildman–Crippen LogP) is 12.2. The normalized spacial score (nSPS) is 11.6. The van der Waals surface area contributed by atoms with Crippen LogP contribution in [0.5, 0.6) is 0 Å². The highest BCUT2D eigenvalue weighted by molar-refractivity contribution is 6.22. The van der Waals surface area contributed by atoms with Gasteiger partial charge in [-0.3, -0.25) is 0 Å². The summed E-state index contributed by atoms with van der Waals surface area (Å²) >= 11 is 0. The number of hydrogen-bond donors (Lipinski definition) is 0. The lowest BCUT2D eigenvalue weighted by atomic mass is 9.99. The molecule has 0 saturated carbocycles. The van der Waals surface area contributed by atoms with E-state index in [1.54, 1.807) is 0 Å². The van der Waals surface area contributed by atoms with Crippen molar-refractivity contribution in [2.75, 3.05) is 4.90 Å². The summed E-state index contributed by atoms with van der Waals surface area (Å²) in [4.78, 5) is 2.37. The number of anilines is 3. The minimum atomic E-state index is 0.887. The Bertz CT molecular complexity index is 2490. The quantitative estimate of drug-likeness (QED) is 0.199. The van der Waals surface area contributed by atoms with E-state index >= 15 is 0 Å². The van der Waals surface area contributed by atoms with Gasteiger partial charge in [0.25, 0.3) is 0 Å². The van der Waals surface area contributed by atoms with Crippen LogP contribution in [0, 0.1) is 0 Å². The van der Waals surface area contributed by atoms with Gasteiger partial charge in [-0.05, 0) is 68.4 Å². The zero-order chi connectivity index (χ0) is 29.0. The molecule has 0 amide bonds. The van der Waals surface area contributed by atoms with E-state index < -0.39 is 0 Å². The van der Waals surface area contributed by atoms with Crippen LogP contribution in [0.4, 0.5) is 17.1 Å². The van der Waals surface area contributed by atoms with Gasteiger partial charge in [0.15, 0.2) is 0 Å². The highest BCUT2D eigenvalue weighted by Gasteiger charge is 2.20. The summed E-state index contributed by atoms with van der Waals surface area (Å²) in [5.41, 5.74) is 7.46. The minimum absolute atomic E-state index is 0.887. The van der Waals surface area contributed by atoms with Crippen molar-refractivity contribution in [3.63, 3.8) is 0 Å². The molecule has 2 nitrogen and oxygen atoms in total. The predicted molar refractivity (Wildman–Crippen MR) is 186 cm³/mol. The number of rotatable bonds is 4. The second-order valence-electron chi connectivity index (χ2n) is 11.4. The maximum absolute atomic E-state index is 6.49. The van der Waals surface area contributed by atoms with E-state index in [0.29, 0.717) is 0 Å². The third-order valence-corrected chi connectivity index (χ3v) is 8.82. The van der Waals surface area contributed by atoms with Crippen LogP contribution in [0.3, 0.4) is 0 Å². The van der Waals surface area contributed by atoms with Crippen molar-refractivity contribution in [1.82, 2.24) is 0 Å². The summed E-state index contributed by atoms with van der Waals surface area (Å²) in [5.74, 6) is 0. The summed E-state index contributed by atoms with van der Waals surface area (Å²) in [6.45, 7) is 0. The van der Waals surface area contributed by atoms with Crippen LogP contribution in [0.15, 0.2) is 168 Å². The molecule has 206 valence electrons. The van der Waals surface area contributed by atoms with Gasteiger partial charge in [-0.1, -0.05) is 127 Å². The molecule has 0 atom stereocenters. The van der Waals surface area contributed by atoms with Crippen molar-refractivity contribution in [3.8, 4) is 11.1 Å². The Morgan fingerprint density at radius 1 is 0.364 bits per heavy atom. The molecule has 0 aliphatic rings. The van der Waals surface area contributed by atoms with Crippen LogP contribution in [0.2, 0.25) is 0 Å². The van der Waals surface area contributed by atoms with E-state index in [0.717, 1.165) is 39.0 Å². The van der Waals surface area contributed by atoms with E-state index in [1.165, 1.54) is 43.4 Å². The summed E-state index contributed by atoms with van der Waals surface area (Å²) in [5, 5.41) is 9.64. The minimum Gasteiger partial charge on any atom is -0.456 e. The van der Waals surface area contributed by atoms with Crippen LogP contribution in [0.1, 0.15) is 0 Å². The summed E-state index contributed by atoms with van der Waals surface area (Å²) in [7, 11) is 0. The topological polar surface area (TPSA) is 16.4 Å². The smallest absolute Gasteiger partial charge is 0.138 e. The van der Waals surface area contributed by atoms with E-state index in [9.17, 15) is 0 Å². The number of fused-ring (bicyclic) bond motifs is 8. The molecular formula is C42H27NO. The molecule has 0 saturated heterocycles. The fourth-order valence-corrected chi connectivity index (χ4v) is 6.76. The van der Waals surface area contributed by atoms with Crippen LogP contribution in [-0.4, -0.2) is 0 Å². The van der Waals surface area contributed by atoms with Gasteiger partial charge in [0, 0.05) is 33.6 Å². The average molecular weight is 562 g/mol. The number of nitrogens with zero attached hydrogens (tertiary/aromatic N) is 1. The van der Waals surface area contributed by atoms with Gasteiger partial charge >= 0.3 is 0 Å². The van der Waals surface area contributed by atoms with Gasteiger partial charge in [-0.25, -0.2) is 0 Å².